The van der Waals surface area contributed by atoms with E-state index in [0.717, 1.165) is 24.9 Å². The van der Waals surface area contributed by atoms with Crippen LogP contribution in [0.2, 0.25) is 0 Å². The fourth-order valence-electron chi connectivity index (χ4n) is 3.92. The summed E-state index contributed by atoms with van der Waals surface area (Å²) in [6.45, 7) is 3.28. The molecule has 106 valence electrons. The van der Waals surface area contributed by atoms with Gasteiger partial charge in [-0.25, -0.2) is 0 Å². The van der Waals surface area contributed by atoms with Gasteiger partial charge in [-0.2, -0.15) is 0 Å². The SMILES string of the molecule is CCC1CCCCC1C(CC1CCCCO1)NN. The molecule has 4 unspecified atom stereocenters. The van der Waals surface area contributed by atoms with E-state index in [4.69, 9.17) is 10.6 Å². The zero-order valence-electron chi connectivity index (χ0n) is 11.9. The summed E-state index contributed by atoms with van der Waals surface area (Å²) in [5, 5.41) is 0. The fourth-order valence-corrected chi connectivity index (χ4v) is 3.92. The molecule has 4 atom stereocenters. The van der Waals surface area contributed by atoms with E-state index < -0.39 is 0 Å². The molecule has 2 aliphatic rings. The van der Waals surface area contributed by atoms with Gasteiger partial charge in [0, 0.05) is 12.6 Å². The van der Waals surface area contributed by atoms with Crippen LogP contribution >= 0.6 is 0 Å². The molecule has 0 aromatic carbocycles. The molecule has 2 rings (SSSR count). The summed E-state index contributed by atoms with van der Waals surface area (Å²) in [4.78, 5) is 0. The van der Waals surface area contributed by atoms with Crippen molar-refractivity contribution < 1.29 is 4.74 Å². The van der Waals surface area contributed by atoms with E-state index in [1.165, 1.54) is 51.4 Å². The van der Waals surface area contributed by atoms with Crippen molar-refractivity contribution in [2.45, 2.75) is 76.9 Å². The number of nitrogens with one attached hydrogen (secondary N) is 1. The molecule has 1 aliphatic carbocycles. The Bertz CT molecular complexity index is 229. The monoisotopic (exact) mass is 254 g/mol. The molecule has 0 radical (unpaired) electrons. The molecule has 3 N–H and O–H groups in total. The highest BCUT2D eigenvalue weighted by Crippen LogP contribution is 2.36. The van der Waals surface area contributed by atoms with Crippen LogP contribution in [0.25, 0.3) is 0 Å². The summed E-state index contributed by atoms with van der Waals surface area (Å²) in [6.07, 6.45) is 12.2. The van der Waals surface area contributed by atoms with Crippen molar-refractivity contribution in [3.63, 3.8) is 0 Å². The zero-order chi connectivity index (χ0) is 12.8. The van der Waals surface area contributed by atoms with E-state index in [9.17, 15) is 0 Å². The van der Waals surface area contributed by atoms with Crippen LogP contribution < -0.4 is 11.3 Å². The molecular formula is C15H30N2O. The van der Waals surface area contributed by atoms with E-state index in [-0.39, 0.29) is 0 Å². The van der Waals surface area contributed by atoms with Crippen LogP contribution in [0, 0.1) is 11.8 Å². The van der Waals surface area contributed by atoms with Crippen molar-refractivity contribution in [1.82, 2.24) is 5.43 Å². The first-order valence-electron chi connectivity index (χ1n) is 7.92. The molecule has 1 heterocycles. The highest BCUT2D eigenvalue weighted by atomic mass is 16.5. The van der Waals surface area contributed by atoms with Crippen LogP contribution in [0.4, 0.5) is 0 Å². The molecule has 3 heteroatoms. The van der Waals surface area contributed by atoms with Gasteiger partial charge in [-0.1, -0.05) is 32.6 Å². The third-order valence-corrected chi connectivity index (χ3v) is 5.01. The smallest absolute Gasteiger partial charge is 0.0590 e. The minimum absolute atomic E-state index is 0.444. The predicted octanol–water partition coefficient (Wildman–Crippen LogP) is 2.99. The Balaban J connectivity index is 1.89. The van der Waals surface area contributed by atoms with Gasteiger partial charge in [-0.3, -0.25) is 11.3 Å². The van der Waals surface area contributed by atoms with Crippen LogP contribution in [-0.4, -0.2) is 18.8 Å². The van der Waals surface area contributed by atoms with E-state index in [2.05, 4.69) is 12.3 Å². The molecule has 0 bridgehead atoms. The van der Waals surface area contributed by atoms with Gasteiger partial charge in [0.1, 0.15) is 0 Å². The average Bonchev–Trinajstić information content (AvgIpc) is 2.46. The van der Waals surface area contributed by atoms with Crippen LogP contribution in [-0.2, 0) is 4.74 Å². The first-order chi connectivity index (χ1) is 8.85. The summed E-state index contributed by atoms with van der Waals surface area (Å²) in [6, 6.07) is 0.457. The number of hydrogen-bond acceptors (Lipinski definition) is 3. The van der Waals surface area contributed by atoms with E-state index >= 15 is 0 Å². The third-order valence-electron chi connectivity index (χ3n) is 5.01. The van der Waals surface area contributed by atoms with Crippen molar-refractivity contribution in [1.29, 1.82) is 0 Å². The Hall–Kier alpha value is -0.120. The third kappa shape index (κ3) is 3.69. The van der Waals surface area contributed by atoms with Gasteiger partial charge in [-0.05, 0) is 43.9 Å². The number of rotatable bonds is 5. The second-order valence-electron chi connectivity index (χ2n) is 6.11. The number of hydrogen-bond donors (Lipinski definition) is 2. The molecule has 0 aromatic heterocycles. The standard InChI is InChI=1S/C15H30N2O/c1-2-12-7-3-4-9-14(12)15(17-16)11-13-8-5-6-10-18-13/h12-15,17H,2-11,16H2,1H3. The maximum atomic E-state index is 5.87. The zero-order valence-corrected chi connectivity index (χ0v) is 11.9. The van der Waals surface area contributed by atoms with Crippen molar-refractivity contribution in [2.75, 3.05) is 6.61 Å². The Labute approximate surface area is 112 Å². The van der Waals surface area contributed by atoms with E-state index in [1.807, 2.05) is 0 Å². The van der Waals surface area contributed by atoms with Gasteiger partial charge < -0.3 is 4.74 Å². The highest BCUT2D eigenvalue weighted by Gasteiger charge is 2.32. The quantitative estimate of drug-likeness (QED) is 0.585. The summed E-state index contributed by atoms with van der Waals surface area (Å²) >= 11 is 0. The van der Waals surface area contributed by atoms with Gasteiger partial charge >= 0.3 is 0 Å². The summed E-state index contributed by atoms with van der Waals surface area (Å²) in [5.41, 5.74) is 3.10. The predicted molar refractivity (Wildman–Crippen MR) is 75.1 cm³/mol. The van der Waals surface area contributed by atoms with Gasteiger partial charge in [0.15, 0.2) is 0 Å². The Morgan fingerprint density at radius 3 is 2.61 bits per heavy atom. The largest absolute Gasteiger partial charge is 0.378 e. The molecule has 3 nitrogen and oxygen atoms in total. The highest BCUT2D eigenvalue weighted by molar-refractivity contribution is 4.85. The minimum Gasteiger partial charge on any atom is -0.378 e. The van der Waals surface area contributed by atoms with Crippen molar-refractivity contribution in [3.8, 4) is 0 Å². The second kappa shape index (κ2) is 7.46. The van der Waals surface area contributed by atoms with E-state index in [1.54, 1.807) is 0 Å². The molecular weight excluding hydrogens is 224 g/mol. The maximum absolute atomic E-state index is 5.87. The molecule has 1 saturated carbocycles. The first-order valence-corrected chi connectivity index (χ1v) is 7.92. The minimum atomic E-state index is 0.444. The Kier molecular flexibility index (Phi) is 5.93. The van der Waals surface area contributed by atoms with E-state index in [0.29, 0.717) is 12.1 Å². The molecule has 0 spiro atoms. The normalized spacial score (nSPS) is 35.3. The maximum Gasteiger partial charge on any atom is 0.0590 e. The number of ether oxygens (including phenoxy) is 1. The van der Waals surface area contributed by atoms with Crippen molar-refractivity contribution in [2.24, 2.45) is 17.7 Å². The lowest BCUT2D eigenvalue weighted by molar-refractivity contribution is -0.00399. The molecule has 2 fully saturated rings. The van der Waals surface area contributed by atoms with Gasteiger partial charge in [0.25, 0.3) is 0 Å². The lowest BCUT2D eigenvalue weighted by atomic mass is 9.73. The van der Waals surface area contributed by atoms with Gasteiger partial charge in [0.2, 0.25) is 0 Å². The lowest BCUT2D eigenvalue weighted by Gasteiger charge is -2.38. The summed E-state index contributed by atoms with van der Waals surface area (Å²) in [7, 11) is 0. The number of nitrogens with two attached hydrogens (primary N) is 1. The summed E-state index contributed by atoms with van der Waals surface area (Å²) in [5.74, 6) is 7.46. The molecule has 0 aromatic rings. The second-order valence-corrected chi connectivity index (χ2v) is 6.11. The Morgan fingerprint density at radius 1 is 1.17 bits per heavy atom. The van der Waals surface area contributed by atoms with Crippen LogP contribution in [0.3, 0.4) is 0 Å². The molecule has 0 amide bonds. The van der Waals surface area contributed by atoms with Gasteiger partial charge in [-0.15, -0.1) is 0 Å². The van der Waals surface area contributed by atoms with Crippen LogP contribution in [0.1, 0.15) is 64.7 Å². The number of hydrazine groups is 1. The Morgan fingerprint density at radius 2 is 1.94 bits per heavy atom. The first kappa shape index (κ1) is 14.3. The molecule has 1 saturated heterocycles. The van der Waals surface area contributed by atoms with Crippen LogP contribution in [0.5, 0.6) is 0 Å². The van der Waals surface area contributed by atoms with Crippen molar-refractivity contribution >= 4 is 0 Å². The topological polar surface area (TPSA) is 47.3 Å². The molecule has 18 heavy (non-hydrogen) atoms. The molecule has 1 aliphatic heterocycles. The van der Waals surface area contributed by atoms with Gasteiger partial charge in [0.05, 0.1) is 6.10 Å². The van der Waals surface area contributed by atoms with Crippen molar-refractivity contribution in [3.05, 3.63) is 0 Å². The van der Waals surface area contributed by atoms with Crippen LogP contribution in [0.15, 0.2) is 0 Å². The summed E-state index contributed by atoms with van der Waals surface area (Å²) < 4.78 is 5.87. The average molecular weight is 254 g/mol. The fraction of sp³-hybridized carbons (Fsp3) is 1.00. The lowest BCUT2D eigenvalue weighted by Crippen LogP contribution is -2.47.